The van der Waals surface area contributed by atoms with Crippen molar-refractivity contribution in [1.82, 2.24) is 5.32 Å². The highest BCUT2D eigenvalue weighted by Crippen LogP contribution is 2.22. The minimum absolute atomic E-state index is 0.150. The van der Waals surface area contributed by atoms with Gasteiger partial charge >= 0.3 is 0 Å². The van der Waals surface area contributed by atoms with Crippen LogP contribution in [0.4, 0.5) is 4.79 Å². The van der Waals surface area contributed by atoms with Crippen molar-refractivity contribution >= 4 is 17.0 Å². The molecule has 0 spiro atoms. The summed E-state index contributed by atoms with van der Waals surface area (Å²) in [5, 5.41) is 2.53. The van der Waals surface area contributed by atoms with Crippen LogP contribution >= 0.6 is 11.8 Å². The molecule has 0 fully saturated rings. The Labute approximate surface area is 112 Å². The summed E-state index contributed by atoms with van der Waals surface area (Å²) < 4.78 is 5.46. The Morgan fingerprint density at radius 2 is 2.17 bits per heavy atom. The van der Waals surface area contributed by atoms with Crippen molar-refractivity contribution in [3.8, 4) is 18.1 Å². The number of benzene rings is 1. The maximum atomic E-state index is 11.6. The average Bonchev–Trinajstić information content (AvgIpc) is 2.37. The van der Waals surface area contributed by atoms with Crippen LogP contribution < -0.4 is 10.1 Å². The molecule has 0 radical (unpaired) electrons. The van der Waals surface area contributed by atoms with Gasteiger partial charge in [-0.15, -0.1) is 6.42 Å². The Hall–Kier alpha value is -1.60. The second kappa shape index (κ2) is 7.67. The SMILES string of the molecule is C#CC(C)NC(=O)Sc1ccc(OCCC)cc1. The second-order valence-corrected chi connectivity index (χ2v) is 4.79. The molecule has 0 saturated heterocycles. The van der Waals surface area contributed by atoms with Crippen LogP contribution in [0.25, 0.3) is 0 Å². The molecule has 0 saturated carbocycles. The minimum atomic E-state index is -0.253. The summed E-state index contributed by atoms with van der Waals surface area (Å²) >= 11 is 1.12. The van der Waals surface area contributed by atoms with Crippen LogP contribution in [-0.4, -0.2) is 17.9 Å². The summed E-state index contributed by atoms with van der Waals surface area (Å²) in [4.78, 5) is 12.4. The molecule has 1 rings (SSSR count). The molecule has 1 atom stereocenters. The standard InChI is InChI=1S/C14H17NO2S/c1-4-10-17-12-6-8-13(9-7-12)18-14(16)15-11(3)5-2/h2,6-9,11H,4,10H2,1,3H3,(H,15,16). The van der Waals surface area contributed by atoms with Crippen molar-refractivity contribution in [2.45, 2.75) is 31.2 Å². The van der Waals surface area contributed by atoms with Gasteiger partial charge in [0.05, 0.1) is 12.6 Å². The van der Waals surface area contributed by atoms with Crippen LogP contribution in [0.5, 0.6) is 5.75 Å². The van der Waals surface area contributed by atoms with E-state index in [4.69, 9.17) is 11.2 Å². The van der Waals surface area contributed by atoms with Crippen LogP contribution in [0.3, 0.4) is 0 Å². The van der Waals surface area contributed by atoms with Crippen molar-refractivity contribution < 1.29 is 9.53 Å². The Balaban J connectivity index is 2.48. The van der Waals surface area contributed by atoms with Crippen molar-refractivity contribution in [3.05, 3.63) is 24.3 Å². The molecule has 1 unspecified atom stereocenters. The van der Waals surface area contributed by atoms with Crippen molar-refractivity contribution in [3.63, 3.8) is 0 Å². The van der Waals surface area contributed by atoms with E-state index in [1.54, 1.807) is 6.92 Å². The summed E-state index contributed by atoms with van der Waals surface area (Å²) in [6, 6.07) is 7.18. The highest BCUT2D eigenvalue weighted by atomic mass is 32.2. The Morgan fingerprint density at radius 3 is 2.72 bits per heavy atom. The number of hydrogen-bond donors (Lipinski definition) is 1. The number of carbonyl (C=O) groups excluding carboxylic acids is 1. The third-order valence-corrected chi connectivity index (χ3v) is 2.90. The number of ether oxygens (including phenoxy) is 1. The fraction of sp³-hybridized carbons (Fsp3) is 0.357. The van der Waals surface area contributed by atoms with Gasteiger partial charge in [-0.05, 0) is 49.4 Å². The molecule has 0 aliphatic carbocycles. The normalized spacial score (nSPS) is 11.4. The summed E-state index contributed by atoms with van der Waals surface area (Å²) in [5.41, 5.74) is 0. The van der Waals surface area contributed by atoms with E-state index in [0.717, 1.165) is 28.8 Å². The van der Waals surface area contributed by atoms with E-state index >= 15 is 0 Å². The highest BCUT2D eigenvalue weighted by Gasteiger charge is 2.06. The van der Waals surface area contributed by atoms with Gasteiger partial charge in [-0.25, -0.2) is 0 Å². The highest BCUT2D eigenvalue weighted by molar-refractivity contribution is 8.13. The lowest BCUT2D eigenvalue weighted by atomic mass is 10.3. The number of thioether (sulfide) groups is 1. The van der Waals surface area contributed by atoms with Gasteiger partial charge in [0, 0.05) is 4.90 Å². The molecule has 3 nitrogen and oxygen atoms in total. The monoisotopic (exact) mass is 263 g/mol. The van der Waals surface area contributed by atoms with Gasteiger partial charge in [-0.1, -0.05) is 12.8 Å². The molecule has 1 aromatic carbocycles. The first-order chi connectivity index (χ1) is 8.65. The molecule has 0 aliphatic rings. The average molecular weight is 263 g/mol. The topological polar surface area (TPSA) is 38.3 Å². The third-order valence-electron chi connectivity index (χ3n) is 2.09. The fourth-order valence-corrected chi connectivity index (χ4v) is 1.90. The third kappa shape index (κ3) is 5.15. The Morgan fingerprint density at radius 1 is 1.50 bits per heavy atom. The van der Waals surface area contributed by atoms with Crippen molar-refractivity contribution in [2.75, 3.05) is 6.61 Å². The van der Waals surface area contributed by atoms with E-state index in [1.807, 2.05) is 24.3 Å². The van der Waals surface area contributed by atoms with E-state index in [1.165, 1.54) is 0 Å². The molecule has 0 bridgehead atoms. The van der Waals surface area contributed by atoms with Gasteiger partial charge in [-0.3, -0.25) is 4.79 Å². The second-order valence-electron chi connectivity index (χ2n) is 3.74. The molecule has 18 heavy (non-hydrogen) atoms. The van der Waals surface area contributed by atoms with Gasteiger partial charge in [-0.2, -0.15) is 0 Å². The van der Waals surface area contributed by atoms with E-state index in [9.17, 15) is 4.79 Å². The van der Waals surface area contributed by atoms with E-state index in [-0.39, 0.29) is 11.3 Å². The molecule has 0 aliphatic heterocycles. The summed E-state index contributed by atoms with van der Waals surface area (Å²) in [7, 11) is 0. The first kappa shape index (κ1) is 14.5. The van der Waals surface area contributed by atoms with Crippen LogP contribution in [0, 0.1) is 12.3 Å². The number of nitrogens with one attached hydrogen (secondary N) is 1. The van der Waals surface area contributed by atoms with E-state index in [0.29, 0.717) is 6.61 Å². The molecule has 0 aromatic heterocycles. The first-order valence-electron chi connectivity index (χ1n) is 5.83. The Kier molecular flexibility index (Phi) is 6.16. The lowest BCUT2D eigenvalue weighted by molar-refractivity contribution is 0.260. The quantitative estimate of drug-likeness (QED) is 0.654. The van der Waals surface area contributed by atoms with Gasteiger partial charge in [0.1, 0.15) is 5.75 Å². The smallest absolute Gasteiger partial charge is 0.284 e. The number of carbonyl (C=O) groups is 1. The molecule has 0 heterocycles. The number of hydrogen-bond acceptors (Lipinski definition) is 3. The summed E-state index contributed by atoms with van der Waals surface area (Å²) in [6.45, 7) is 4.52. The molecule has 1 amide bonds. The van der Waals surface area contributed by atoms with Crippen LogP contribution in [0.1, 0.15) is 20.3 Å². The zero-order chi connectivity index (χ0) is 13.4. The first-order valence-corrected chi connectivity index (χ1v) is 6.64. The largest absolute Gasteiger partial charge is 0.494 e. The molecule has 96 valence electrons. The van der Waals surface area contributed by atoms with E-state index in [2.05, 4.69) is 18.2 Å². The van der Waals surface area contributed by atoms with E-state index < -0.39 is 0 Å². The van der Waals surface area contributed by atoms with Crippen LogP contribution in [0.15, 0.2) is 29.2 Å². The lowest BCUT2D eigenvalue weighted by Crippen LogP contribution is -2.27. The van der Waals surface area contributed by atoms with Gasteiger partial charge in [0.25, 0.3) is 5.24 Å². The van der Waals surface area contributed by atoms with Crippen LogP contribution in [-0.2, 0) is 0 Å². The van der Waals surface area contributed by atoms with Crippen LogP contribution in [0.2, 0.25) is 0 Å². The number of rotatable bonds is 5. The predicted octanol–water partition coefficient (Wildman–Crippen LogP) is 3.30. The predicted molar refractivity (Wildman–Crippen MR) is 74.9 cm³/mol. The molecule has 1 N–H and O–H groups in total. The van der Waals surface area contributed by atoms with Gasteiger partial charge in [0.2, 0.25) is 0 Å². The zero-order valence-corrected chi connectivity index (χ0v) is 11.4. The van der Waals surface area contributed by atoms with Gasteiger partial charge < -0.3 is 10.1 Å². The lowest BCUT2D eigenvalue weighted by Gasteiger charge is -2.08. The number of terminal acetylenes is 1. The van der Waals surface area contributed by atoms with Crippen molar-refractivity contribution in [1.29, 1.82) is 0 Å². The molecular formula is C14H17NO2S. The summed E-state index contributed by atoms with van der Waals surface area (Å²) in [6.07, 6.45) is 6.16. The Bertz CT molecular complexity index is 422. The fourth-order valence-electron chi connectivity index (χ4n) is 1.18. The van der Waals surface area contributed by atoms with Gasteiger partial charge in [0.15, 0.2) is 0 Å². The molecular weight excluding hydrogens is 246 g/mol. The van der Waals surface area contributed by atoms with Crippen molar-refractivity contribution in [2.24, 2.45) is 0 Å². The summed E-state index contributed by atoms with van der Waals surface area (Å²) in [5.74, 6) is 3.27. The molecule has 4 heteroatoms. The minimum Gasteiger partial charge on any atom is -0.494 e. The maximum absolute atomic E-state index is 11.6. The number of amides is 1. The maximum Gasteiger partial charge on any atom is 0.284 e. The zero-order valence-electron chi connectivity index (χ0n) is 10.6. The molecule has 1 aromatic rings.